The highest BCUT2D eigenvalue weighted by Crippen LogP contribution is 2.19. The first-order chi connectivity index (χ1) is 8.63. The normalized spacial score (nSPS) is 22.1. The van der Waals surface area contributed by atoms with E-state index in [2.05, 4.69) is 5.32 Å². The first-order valence-corrected chi connectivity index (χ1v) is 5.99. The lowest BCUT2D eigenvalue weighted by molar-refractivity contribution is -0.123. The molecule has 1 aliphatic carbocycles. The third-order valence-corrected chi connectivity index (χ3v) is 2.87. The summed E-state index contributed by atoms with van der Waals surface area (Å²) < 4.78 is 18.1. The number of rotatable bonds is 5. The molecule has 18 heavy (non-hydrogen) atoms. The molecule has 4 nitrogen and oxygen atoms in total. The molecule has 0 aromatic heterocycles. The fourth-order valence-electron chi connectivity index (χ4n) is 1.82. The topological polar surface area (TPSA) is 58.6 Å². The maximum Gasteiger partial charge on any atom is 0.223 e. The largest absolute Gasteiger partial charge is 0.493 e. The van der Waals surface area contributed by atoms with Crippen LogP contribution in [-0.2, 0) is 4.79 Å². The van der Waals surface area contributed by atoms with Crippen molar-refractivity contribution in [2.75, 3.05) is 6.61 Å². The van der Waals surface area contributed by atoms with Crippen molar-refractivity contribution in [3.05, 3.63) is 30.1 Å². The predicted molar refractivity (Wildman–Crippen MR) is 63.7 cm³/mol. The molecule has 0 spiro atoms. The summed E-state index contributed by atoms with van der Waals surface area (Å²) in [6, 6.07) is 5.90. The molecule has 1 aromatic carbocycles. The molecule has 1 aromatic rings. The van der Waals surface area contributed by atoms with Crippen LogP contribution in [0.3, 0.4) is 0 Å². The zero-order chi connectivity index (χ0) is 13.0. The van der Waals surface area contributed by atoms with Crippen molar-refractivity contribution in [2.45, 2.75) is 31.4 Å². The Morgan fingerprint density at radius 1 is 1.50 bits per heavy atom. The van der Waals surface area contributed by atoms with E-state index in [9.17, 15) is 9.18 Å². The van der Waals surface area contributed by atoms with Crippen molar-refractivity contribution >= 4 is 5.91 Å². The maximum absolute atomic E-state index is 12.8. The Bertz CT molecular complexity index is 418. The zero-order valence-electron chi connectivity index (χ0n) is 9.93. The summed E-state index contributed by atoms with van der Waals surface area (Å²) >= 11 is 0. The second-order valence-corrected chi connectivity index (χ2v) is 4.45. The number of aliphatic hydroxyl groups is 1. The second kappa shape index (κ2) is 5.82. The number of ether oxygens (including phenoxy) is 1. The van der Waals surface area contributed by atoms with E-state index in [1.54, 1.807) is 12.1 Å². The number of aliphatic hydroxyl groups excluding tert-OH is 1. The quantitative estimate of drug-likeness (QED) is 0.830. The van der Waals surface area contributed by atoms with E-state index >= 15 is 0 Å². The predicted octanol–water partition coefficient (Wildman–Crippen LogP) is 1.23. The maximum atomic E-state index is 12.8. The number of amides is 1. The number of carbonyl (C=O) groups is 1. The minimum Gasteiger partial charge on any atom is -0.493 e. The Kier molecular flexibility index (Phi) is 4.15. The molecular weight excluding hydrogens is 237 g/mol. The average molecular weight is 253 g/mol. The van der Waals surface area contributed by atoms with E-state index in [-0.39, 0.29) is 36.9 Å². The third-order valence-electron chi connectivity index (χ3n) is 2.87. The lowest BCUT2D eigenvalue weighted by atomic mass is 9.89. The molecule has 0 bridgehead atoms. The highest BCUT2D eigenvalue weighted by atomic mass is 19.1. The molecule has 0 saturated heterocycles. The Morgan fingerprint density at radius 3 is 2.94 bits per heavy atom. The van der Waals surface area contributed by atoms with Crippen molar-refractivity contribution in [3.63, 3.8) is 0 Å². The van der Waals surface area contributed by atoms with E-state index in [1.807, 2.05) is 0 Å². The monoisotopic (exact) mass is 253 g/mol. The molecular formula is C13H16FNO3. The van der Waals surface area contributed by atoms with Crippen molar-refractivity contribution in [1.82, 2.24) is 5.32 Å². The van der Waals surface area contributed by atoms with Crippen LogP contribution in [0.5, 0.6) is 5.75 Å². The number of hydrogen-bond acceptors (Lipinski definition) is 3. The number of halogens is 1. The van der Waals surface area contributed by atoms with E-state index in [4.69, 9.17) is 9.84 Å². The van der Waals surface area contributed by atoms with Crippen molar-refractivity contribution < 1.29 is 19.0 Å². The van der Waals surface area contributed by atoms with E-state index in [0.29, 0.717) is 18.6 Å². The number of nitrogens with one attached hydrogen (secondary N) is 1. The molecule has 1 fully saturated rings. The Hall–Kier alpha value is -1.62. The molecule has 1 saturated carbocycles. The molecule has 2 N–H and O–H groups in total. The van der Waals surface area contributed by atoms with E-state index in [0.717, 1.165) is 0 Å². The van der Waals surface area contributed by atoms with Crippen LogP contribution in [-0.4, -0.2) is 29.8 Å². The molecule has 98 valence electrons. The molecule has 0 radical (unpaired) electrons. The molecule has 1 aliphatic rings. The average Bonchev–Trinajstić information content (AvgIpc) is 2.27. The highest BCUT2D eigenvalue weighted by molar-refractivity contribution is 5.76. The Labute approximate surface area is 105 Å². The van der Waals surface area contributed by atoms with E-state index < -0.39 is 0 Å². The van der Waals surface area contributed by atoms with Crippen LogP contribution in [0, 0.1) is 5.82 Å². The van der Waals surface area contributed by atoms with Gasteiger partial charge in [0.2, 0.25) is 5.91 Å². The summed E-state index contributed by atoms with van der Waals surface area (Å²) in [7, 11) is 0. The van der Waals surface area contributed by atoms with Gasteiger partial charge in [-0.15, -0.1) is 0 Å². The lowest BCUT2D eigenvalue weighted by Crippen LogP contribution is -2.46. The minimum atomic E-state index is -0.361. The summed E-state index contributed by atoms with van der Waals surface area (Å²) in [5.74, 6) is -0.0504. The third kappa shape index (κ3) is 3.70. The van der Waals surface area contributed by atoms with Crippen LogP contribution in [0.15, 0.2) is 24.3 Å². The van der Waals surface area contributed by atoms with Gasteiger partial charge in [-0.2, -0.15) is 0 Å². The van der Waals surface area contributed by atoms with Gasteiger partial charge in [0.1, 0.15) is 11.6 Å². The van der Waals surface area contributed by atoms with Crippen molar-refractivity contribution in [2.24, 2.45) is 0 Å². The van der Waals surface area contributed by atoms with Gasteiger partial charge >= 0.3 is 0 Å². The molecule has 0 heterocycles. The zero-order valence-corrected chi connectivity index (χ0v) is 9.93. The molecule has 0 atom stereocenters. The first-order valence-electron chi connectivity index (χ1n) is 5.99. The SMILES string of the molecule is O=C(CCOc1cccc(F)c1)NC1CC(O)C1. The number of benzene rings is 1. The van der Waals surface area contributed by atoms with Gasteiger partial charge < -0.3 is 15.2 Å². The summed E-state index contributed by atoms with van der Waals surface area (Å²) in [5, 5.41) is 11.9. The van der Waals surface area contributed by atoms with Crippen LogP contribution >= 0.6 is 0 Å². The molecule has 1 amide bonds. The fourth-order valence-corrected chi connectivity index (χ4v) is 1.82. The van der Waals surface area contributed by atoms with Gasteiger partial charge in [0.25, 0.3) is 0 Å². The van der Waals surface area contributed by atoms with Crippen LogP contribution < -0.4 is 10.1 Å². The van der Waals surface area contributed by atoms with Gasteiger partial charge in [0.05, 0.1) is 19.1 Å². The Morgan fingerprint density at radius 2 is 2.28 bits per heavy atom. The first kappa shape index (κ1) is 12.8. The summed E-state index contributed by atoms with van der Waals surface area (Å²) in [6.45, 7) is 0.213. The van der Waals surface area contributed by atoms with Gasteiger partial charge in [-0.3, -0.25) is 4.79 Å². The highest BCUT2D eigenvalue weighted by Gasteiger charge is 2.28. The van der Waals surface area contributed by atoms with Crippen LogP contribution in [0.1, 0.15) is 19.3 Å². The number of hydrogen-bond donors (Lipinski definition) is 2. The van der Waals surface area contributed by atoms with Gasteiger partial charge in [-0.05, 0) is 25.0 Å². The molecule has 5 heteroatoms. The Balaban J connectivity index is 1.64. The van der Waals surface area contributed by atoms with Crippen LogP contribution in [0.2, 0.25) is 0 Å². The van der Waals surface area contributed by atoms with Crippen molar-refractivity contribution in [1.29, 1.82) is 0 Å². The number of carbonyl (C=O) groups excluding carboxylic acids is 1. The fraction of sp³-hybridized carbons (Fsp3) is 0.462. The van der Waals surface area contributed by atoms with Crippen molar-refractivity contribution in [3.8, 4) is 5.75 Å². The lowest BCUT2D eigenvalue weighted by Gasteiger charge is -2.31. The second-order valence-electron chi connectivity index (χ2n) is 4.45. The summed E-state index contributed by atoms with van der Waals surface area (Å²) in [5.41, 5.74) is 0. The van der Waals surface area contributed by atoms with Gasteiger partial charge in [0, 0.05) is 12.1 Å². The standard InChI is InChI=1S/C13H16FNO3/c14-9-2-1-3-12(6-9)18-5-4-13(17)15-10-7-11(16)8-10/h1-3,6,10-11,16H,4-5,7-8H2,(H,15,17). The van der Waals surface area contributed by atoms with Crippen LogP contribution in [0.4, 0.5) is 4.39 Å². The molecule has 0 aliphatic heterocycles. The minimum absolute atomic E-state index is 0.0849. The summed E-state index contributed by atoms with van der Waals surface area (Å²) in [4.78, 5) is 11.5. The van der Waals surface area contributed by atoms with Gasteiger partial charge in [0.15, 0.2) is 0 Å². The molecule has 0 unspecified atom stereocenters. The molecule has 2 rings (SSSR count). The smallest absolute Gasteiger partial charge is 0.223 e. The van der Waals surface area contributed by atoms with Gasteiger partial charge in [-0.1, -0.05) is 6.07 Å². The van der Waals surface area contributed by atoms with E-state index in [1.165, 1.54) is 12.1 Å². The van der Waals surface area contributed by atoms with Gasteiger partial charge in [-0.25, -0.2) is 4.39 Å². The van der Waals surface area contributed by atoms with Crippen LogP contribution in [0.25, 0.3) is 0 Å². The summed E-state index contributed by atoms with van der Waals surface area (Å²) in [6.07, 6.45) is 1.19.